The Morgan fingerprint density at radius 2 is 1.95 bits per heavy atom. The summed E-state index contributed by atoms with van der Waals surface area (Å²) in [5.74, 6) is -1.40. The molecule has 0 radical (unpaired) electrons. The first-order valence-corrected chi connectivity index (χ1v) is 5.71. The molecule has 98 valence electrons. The number of carbonyl (C=O) groups is 1. The number of halogens is 1. The van der Waals surface area contributed by atoms with Gasteiger partial charge >= 0.3 is 5.97 Å². The molecule has 0 heterocycles. The number of hydrogen-bond acceptors (Lipinski definition) is 2. The summed E-state index contributed by atoms with van der Waals surface area (Å²) in [7, 11) is 1.37. The Morgan fingerprint density at radius 1 is 1.21 bits per heavy atom. The second-order valence-electron chi connectivity index (χ2n) is 4.20. The Labute approximate surface area is 110 Å². The second-order valence-corrected chi connectivity index (χ2v) is 4.20. The van der Waals surface area contributed by atoms with Crippen molar-refractivity contribution < 1.29 is 19.0 Å². The molecule has 0 aromatic heterocycles. The maximum Gasteiger partial charge on any atom is 0.336 e. The van der Waals surface area contributed by atoms with Crippen molar-refractivity contribution in [2.24, 2.45) is 0 Å². The van der Waals surface area contributed by atoms with Crippen LogP contribution in [0.15, 0.2) is 36.4 Å². The predicted octanol–water partition coefficient (Wildman–Crippen LogP) is 3.51. The van der Waals surface area contributed by atoms with Crippen LogP contribution in [0, 0.1) is 12.7 Å². The zero-order valence-corrected chi connectivity index (χ0v) is 10.6. The molecule has 0 spiro atoms. The molecule has 0 aliphatic rings. The third kappa shape index (κ3) is 2.57. The number of hydrogen-bond donors (Lipinski definition) is 1. The molecule has 0 aliphatic heterocycles. The van der Waals surface area contributed by atoms with Crippen LogP contribution in [0.1, 0.15) is 15.9 Å². The molecule has 0 unspecified atom stereocenters. The number of aromatic carboxylic acids is 1. The van der Waals surface area contributed by atoms with Crippen LogP contribution in [0.2, 0.25) is 0 Å². The van der Waals surface area contributed by atoms with Crippen LogP contribution in [0.3, 0.4) is 0 Å². The monoisotopic (exact) mass is 260 g/mol. The fourth-order valence-corrected chi connectivity index (χ4v) is 1.91. The molecule has 3 nitrogen and oxygen atoms in total. The van der Waals surface area contributed by atoms with E-state index in [9.17, 15) is 14.3 Å². The van der Waals surface area contributed by atoms with Gasteiger partial charge < -0.3 is 9.84 Å². The highest BCUT2D eigenvalue weighted by Crippen LogP contribution is 2.29. The van der Waals surface area contributed by atoms with E-state index in [0.717, 1.165) is 5.56 Å². The van der Waals surface area contributed by atoms with Crippen LogP contribution < -0.4 is 4.74 Å². The largest absolute Gasteiger partial charge is 0.494 e. The highest BCUT2D eigenvalue weighted by Gasteiger charge is 2.13. The summed E-state index contributed by atoms with van der Waals surface area (Å²) in [6, 6.07) is 9.41. The van der Waals surface area contributed by atoms with Crippen LogP contribution in [0.25, 0.3) is 11.1 Å². The molecule has 0 atom stereocenters. The molecule has 2 aromatic rings. The number of ether oxygens (including phenoxy) is 1. The number of carboxylic acid groups (broad SMARTS) is 1. The van der Waals surface area contributed by atoms with Gasteiger partial charge in [-0.15, -0.1) is 0 Å². The summed E-state index contributed by atoms with van der Waals surface area (Å²) in [6.07, 6.45) is 0. The molecule has 0 saturated heterocycles. The Balaban J connectivity index is 2.61. The van der Waals surface area contributed by atoms with Gasteiger partial charge in [0.25, 0.3) is 0 Å². The smallest absolute Gasteiger partial charge is 0.336 e. The Kier molecular flexibility index (Phi) is 3.51. The summed E-state index contributed by atoms with van der Waals surface area (Å²) in [4.78, 5) is 11.3. The summed E-state index contributed by atoms with van der Waals surface area (Å²) >= 11 is 0. The van der Waals surface area contributed by atoms with E-state index in [1.807, 2.05) is 13.0 Å². The highest BCUT2D eigenvalue weighted by molar-refractivity contribution is 5.96. The van der Waals surface area contributed by atoms with E-state index in [1.54, 1.807) is 12.1 Å². The van der Waals surface area contributed by atoms with Gasteiger partial charge in [0.05, 0.1) is 12.7 Å². The molecule has 19 heavy (non-hydrogen) atoms. The fraction of sp³-hybridized carbons (Fsp3) is 0.133. The number of carboxylic acids is 1. The lowest BCUT2D eigenvalue weighted by molar-refractivity contribution is 0.0697. The molecule has 0 aliphatic carbocycles. The van der Waals surface area contributed by atoms with E-state index < -0.39 is 11.8 Å². The number of aryl methyl sites for hydroxylation is 1. The predicted molar refractivity (Wildman–Crippen MR) is 70.1 cm³/mol. The molecule has 2 rings (SSSR count). The molecule has 1 N–H and O–H groups in total. The third-order valence-corrected chi connectivity index (χ3v) is 2.87. The third-order valence-electron chi connectivity index (χ3n) is 2.87. The lowest BCUT2D eigenvalue weighted by atomic mass is 9.97. The van der Waals surface area contributed by atoms with E-state index in [-0.39, 0.29) is 11.3 Å². The van der Waals surface area contributed by atoms with Crippen LogP contribution in [0.5, 0.6) is 5.75 Å². The van der Waals surface area contributed by atoms with Crippen molar-refractivity contribution in [3.8, 4) is 16.9 Å². The molecular weight excluding hydrogens is 247 g/mol. The highest BCUT2D eigenvalue weighted by atomic mass is 19.1. The van der Waals surface area contributed by atoms with Crippen molar-refractivity contribution >= 4 is 5.97 Å². The van der Waals surface area contributed by atoms with Gasteiger partial charge in [-0.25, -0.2) is 9.18 Å². The minimum absolute atomic E-state index is 0.0920. The molecule has 0 amide bonds. The maximum atomic E-state index is 13.4. The SMILES string of the molecule is COc1cc(-c2ccc(C)cc2C(=O)O)ccc1F. The molecule has 2 aromatic carbocycles. The minimum atomic E-state index is -1.01. The summed E-state index contributed by atoms with van der Waals surface area (Å²) in [6.45, 7) is 1.82. The molecule has 0 fully saturated rings. The van der Waals surface area contributed by atoms with Crippen LogP contribution in [-0.4, -0.2) is 18.2 Å². The van der Waals surface area contributed by atoms with Crippen molar-refractivity contribution in [2.45, 2.75) is 6.92 Å². The van der Waals surface area contributed by atoms with Crippen molar-refractivity contribution in [2.75, 3.05) is 7.11 Å². The van der Waals surface area contributed by atoms with Gasteiger partial charge in [0.2, 0.25) is 0 Å². The Morgan fingerprint density at radius 3 is 2.58 bits per heavy atom. The van der Waals surface area contributed by atoms with E-state index in [1.165, 1.54) is 25.3 Å². The van der Waals surface area contributed by atoms with E-state index in [0.29, 0.717) is 11.1 Å². The summed E-state index contributed by atoms with van der Waals surface area (Å²) in [5.41, 5.74) is 2.19. The first-order valence-electron chi connectivity index (χ1n) is 5.71. The first kappa shape index (κ1) is 13.1. The first-order chi connectivity index (χ1) is 9.02. The van der Waals surface area contributed by atoms with Crippen molar-refractivity contribution in [1.82, 2.24) is 0 Å². The Hall–Kier alpha value is -2.36. The van der Waals surface area contributed by atoms with Gasteiger partial charge in [0, 0.05) is 0 Å². The van der Waals surface area contributed by atoms with Gasteiger partial charge in [0.15, 0.2) is 11.6 Å². The number of rotatable bonds is 3. The standard InChI is InChI=1S/C15H13FO3/c1-9-3-5-11(12(7-9)15(17)18)10-4-6-13(16)14(8-10)19-2/h3-8H,1-2H3,(H,17,18). The normalized spacial score (nSPS) is 10.3. The van der Waals surface area contributed by atoms with Gasteiger partial charge in [-0.3, -0.25) is 0 Å². The number of benzene rings is 2. The summed E-state index contributed by atoms with van der Waals surface area (Å²) in [5, 5.41) is 9.23. The molecule has 4 heteroatoms. The minimum Gasteiger partial charge on any atom is -0.494 e. The molecule has 0 bridgehead atoms. The van der Waals surface area contributed by atoms with Gasteiger partial charge in [0.1, 0.15) is 0 Å². The van der Waals surface area contributed by atoms with Gasteiger partial charge in [-0.1, -0.05) is 23.8 Å². The lowest BCUT2D eigenvalue weighted by Crippen LogP contribution is -2.00. The number of methoxy groups -OCH3 is 1. The zero-order valence-electron chi connectivity index (χ0n) is 10.6. The van der Waals surface area contributed by atoms with Crippen molar-refractivity contribution in [3.05, 3.63) is 53.3 Å². The fourth-order valence-electron chi connectivity index (χ4n) is 1.91. The van der Waals surface area contributed by atoms with Crippen LogP contribution in [-0.2, 0) is 0 Å². The summed E-state index contributed by atoms with van der Waals surface area (Å²) < 4.78 is 18.3. The second kappa shape index (κ2) is 5.10. The van der Waals surface area contributed by atoms with Crippen LogP contribution in [0.4, 0.5) is 4.39 Å². The average molecular weight is 260 g/mol. The van der Waals surface area contributed by atoms with Crippen LogP contribution >= 0.6 is 0 Å². The zero-order chi connectivity index (χ0) is 14.0. The molecule has 0 saturated carbocycles. The quantitative estimate of drug-likeness (QED) is 0.918. The van der Waals surface area contributed by atoms with E-state index >= 15 is 0 Å². The topological polar surface area (TPSA) is 46.5 Å². The maximum absolute atomic E-state index is 13.4. The van der Waals surface area contributed by atoms with E-state index in [2.05, 4.69) is 0 Å². The van der Waals surface area contributed by atoms with Gasteiger partial charge in [-0.05, 0) is 36.2 Å². The van der Waals surface area contributed by atoms with Crippen molar-refractivity contribution in [1.29, 1.82) is 0 Å². The van der Waals surface area contributed by atoms with Crippen molar-refractivity contribution in [3.63, 3.8) is 0 Å². The Bertz CT molecular complexity index is 635. The average Bonchev–Trinajstić information content (AvgIpc) is 2.39. The molecular formula is C15H13FO3. The lowest BCUT2D eigenvalue weighted by Gasteiger charge is -2.09. The van der Waals surface area contributed by atoms with Gasteiger partial charge in [-0.2, -0.15) is 0 Å². The van der Waals surface area contributed by atoms with E-state index in [4.69, 9.17) is 4.74 Å².